The molecule has 0 fully saturated rings. The molecule has 0 aliphatic rings. The molecule has 0 spiro atoms. The molecule has 0 unspecified atom stereocenters. The van der Waals surface area contributed by atoms with E-state index in [9.17, 15) is 4.79 Å². The van der Waals surface area contributed by atoms with Gasteiger partial charge >= 0.3 is 0 Å². The summed E-state index contributed by atoms with van der Waals surface area (Å²) in [5, 5.41) is 14.5. The lowest BCUT2D eigenvalue weighted by Gasteiger charge is -2.10. The fourth-order valence-electron chi connectivity index (χ4n) is 3.15. The normalized spacial score (nSPS) is 10.6. The summed E-state index contributed by atoms with van der Waals surface area (Å²) in [5.74, 6) is 1.25. The SMILES string of the molecule is COc1ccc(NC(=O)CSc2ccc(-c3ccc4ccccc4c3)nn2)cc1OC. The molecule has 4 rings (SSSR count). The second kappa shape index (κ2) is 9.49. The van der Waals surface area contributed by atoms with Crippen molar-refractivity contribution in [2.45, 2.75) is 5.03 Å². The number of hydrogen-bond acceptors (Lipinski definition) is 6. The summed E-state index contributed by atoms with van der Waals surface area (Å²) in [6, 6.07) is 23.5. The van der Waals surface area contributed by atoms with E-state index in [1.807, 2.05) is 30.3 Å². The van der Waals surface area contributed by atoms with Crippen LogP contribution in [0.3, 0.4) is 0 Å². The lowest BCUT2D eigenvalue weighted by molar-refractivity contribution is -0.113. The Morgan fingerprint density at radius 2 is 1.68 bits per heavy atom. The standard InChI is InChI=1S/C24H21N3O3S/c1-29-21-11-9-19(14-22(21)30-2)25-23(28)15-31-24-12-10-20(26-27-24)18-8-7-16-5-3-4-6-17(16)13-18/h3-14H,15H2,1-2H3,(H,25,28). The average Bonchev–Trinajstić information content (AvgIpc) is 2.82. The quantitative estimate of drug-likeness (QED) is 0.413. The van der Waals surface area contributed by atoms with Gasteiger partial charge in [0.05, 0.1) is 25.7 Å². The van der Waals surface area contributed by atoms with E-state index in [1.165, 1.54) is 17.1 Å². The van der Waals surface area contributed by atoms with Crippen LogP contribution < -0.4 is 14.8 Å². The van der Waals surface area contributed by atoms with E-state index in [0.29, 0.717) is 22.2 Å². The highest BCUT2D eigenvalue weighted by Gasteiger charge is 2.09. The zero-order valence-electron chi connectivity index (χ0n) is 17.2. The average molecular weight is 432 g/mol. The van der Waals surface area contributed by atoms with Crippen LogP contribution in [0.2, 0.25) is 0 Å². The summed E-state index contributed by atoms with van der Waals surface area (Å²) in [7, 11) is 3.12. The van der Waals surface area contributed by atoms with E-state index in [1.54, 1.807) is 32.4 Å². The third kappa shape index (κ3) is 4.95. The van der Waals surface area contributed by atoms with E-state index in [4.69, 9.17) is 9.47 Å². The monoisotopic (exact) mass is 431 g/mol. The lowest BCUT2D eigenvalue weighted by atomic mass is 10.1. The zero-order chi connectivity index (χ0) is 21.6. The number of carbonyl (C=O) groups excluding carboxylic acids is 1. The molecule has 0 atom stereocenters. The van der Waals surface area contributed by atoms with Gasteiger partial charge in [0.25, 0.3) is 0 Å². The van der Waals surface area contributed by atoms with E-state index in [2.05, 4.69) is 39.8 Å². The van der Waals surface area contributed by atoms with E-state index < -0.39 is 0 Å². The molecule has 1 heterocycles. The Morgan fingerprint density at radius 3 is 2.42 bits per heavy atom. The van der Waals surface area contributed by atoms with E-state index in [0.717, 1.165) is 16.6 Å². The Labute approximate surface area is 184 Å². The predicted octanol–water partition coefficient (Wildman–Crippen LogP) is 5.04. The van der Waals surface area contributed by atoms with Crippen LogP contribution in [-0.4, -0.2) is 36.1 Å². The highest BCUT2D eigenvalue weighted by molar-refractivity contribution is 7.99. The maximum absolute atomic E-state index is 12.3. The molecule has 156 valence electrons. The first kappa shape index (κ1) is 20.7. The number of rotatable bonds is 7. The molecule has 0 saturated carbocycles. The van der Waals surface area contributed by atoms with Gasteiger partial charge in [0.15, 0.2) is 11.5 Å². The molecule has 7 heteroatoms. The van der Waals surface area contributed by atoms with Gasteiger partial charge in [0.2, 0.25) is 5.91 Å². The topological polar surface area (TPSA) is 73.3 Å². The van der Waals surface area contributed by atoms with Crippen molar-refractivity contribution in [3.05, 3.63) is 72.8 Å². The molecule has 31 heavy (non-hydrogen) atoms. The van der Waals surface area contributed by atoms with Crippen molar-refractivity contribution >= 4 is 34.1 Å². The molecule has 4 aromatic rings. The highest BCUT2D eigenvalue weighted by Crippen LogP contribution is 2.30. The first-order chi connectivity index (χ1) is 15.2. The number of amides is 1. The van der Waals surface area contributed by atoms with Crippen LogP contribution in [0.4, 0.5) is 5.69 Å². The minimum Gasteiger partial charge on any atom is -0.493 e. The Hall–Kier alpha value is -3.58. The Kier molecular flexibility index (Phi) is 6.33. The number of hydrogen-bond donors (Lipinski definition) is 1. The van der Waals surface area contributed by atoms with Crippen molar-refractivity contribution in [1.82, 2.24) is 10.2 Å². The van der Waals surface area contributed by atoms with Crippen LogP contribution in [-0.2, 0) is 4.79 Å². The van der Waals surface area contributed by atoms with Gasteiger partial charge in [-0.2, -0.15) is 0 Å². The molecule has 0 saturated heterocycles. The number of benzene rings is 3. The van der Waals surface area contributed by atoms with Gasteiger partial charge in [-0.05, 0) is 41.1 Å². The van der Waals surface area contributed by atoms with Gasteiger partial charge in [-0.3, -0.25) is 4.79 Å². The molecule has 3 aromatic carbocycles. The number of thioether (sulfide) groups is 1. The molecular formula is C24H21N3O3S. The summed E-state index contributed by atoms with van der Waals surface area (Å²) in [5.41, 5.74) is 2.44. The fourth-order valence-corrected chi connectivity index (χ4v) is 3.76. The summed E-state index contributed by atoms with van der Waals surface area (Å²) < 4.78 is 10.5. The Morgan fingerprint density at radius 1 is 0.871 bits per heavy atom. The van der Waals surface area contributed by atoms with Gasteiger partial charge in [-0.25, -0.2) is 0 Å². The van der Waals surface area contributed by atoms with Gasteiger partial charge in [0, 0.05) is 17.3 Å². The van der Waals surface area contributed by atoms with Gasteiger partial charge < -0.3 is 14.8 Å². The van der Waals surface area contributed by atoms with Crippen molar-refractivity contribution in [2.75, 3.05) is 25.3 Å². The summed E-state index contributed by atoms with van der Waals surface area (Å²) in [6.07, 6.45) is 0. The van der Waals surface area contributed by atoms with Gasteiger partial charge in [0.1, 0.15) is 5.03 Å². The third-order valence-electron chi connectivity index (χ3n) is 4.70. The number of aromatic nitrogens is 2. The molecule has 0 radical (unpaired) electrons. The van der Waals surface area contributed by atoms with Crippen LogP contribution in [0.25, 0.3) is 22.0 Å². The minimum atomic E-state index is -0.141. The highest BCUT2D eigenvalue weighted by atomic mass is 32.2. The zero-order valence-corrected chi connectivity index (χ0v) is 18.0. The second-order valence-electron chi connectivity index (χ2n) is 6.73. The predicted molar refractivity (Wildman–Crippen MR) is 124 cm³/mol. The third-order valence-corrected chi connectivity index (χ3v) is 5.62. The maximum Gasteiger partial charge on any atom is 0.234 e. The minimum absolute atomic E-state index is 0.141. The first-order valence-corrected chi connectivity index (χ1v) is 10.6. The number of methoxy groups -OCH3 is 2. The van der Waals surface area contributed by atoms with Crippen LogP contribution in [0.15, 0.2) is 77.8 Å². The van der Waals surface area contributed by atoms with Crippen LogP contribution >= 0.6 is 11.8 Å². The van der Waals surface area contributed by atoms with E-state index >= 15 is 0 Å². The van der Waals surface area contributed by atoms with Crippen molar-refractivity contribution in [1.29, 1.82) is 0 Å². The maximum atomic E-state index is 12.3. The largest absolute Gasteiger partial charge is 0.493 e. The van der Waals surface area contributed by atoms with E-state index in [-0.39, 0.29) is 11.7 Å². The smallest absolute Gasteiger partial charge is 0.234 e. The van der Waals surface area contributed by atoms with Crippen molar-refractivity contribution in [2.24, 2.45) is 0 Å². The molecule has 1 aromatic heterocycles. The molecule has 1 amide bonds. The Balaban J connectivity index is 1.37. The number of nitrogens with one attached hydrogen (secondary N) is 1. The molecule has 0 bridgehead atoms. The number of ether oxygens (including phenoxy) is 2. The number of fused-ring (bicyclic) bond motifs is 1. The Bertz CT molecular complexity index is 1210. The molecule has 0 aliphatic heterocycles. The summed E-state index contributed by atoms with van der Waals surface area (Å²) >= 11 is 1.33. The van der Waals surface area contributed by atoms with Crippen molar-refractivity contribution < 1.29 is 14.3 Å². The molecule has 0 aliphatic carbocycles. The van der Waals surface area contributed by atoms with Crippen LogP contribution in [0, 0.1) is 0 Å². The summed E-state index contributed by atoms with van der Waals surface area (Å²) in [4.78, 5) is 12.3. The van der Waals surface area contributed by atoms with Crippen LogP contribution in [0.5, 0.6) is 11.5 Å². The number of anilines is 1. The number of carbonyl (C=O) groups is 1. The molecule has 6 nitrogen and oxygen atoms in total. The molecular weight excluding hydrogens is 410 g/mol. The fraction of sp³-hybridized carbons (Fsp3) is 0.125. The number of nitrogens with zero attached hydrogens (tertiary/aromatic N) is 2. The van der Waals surface area contributed by atoms with Crippen molar-refractivity contribution in [3.8, 4) is 22.8 Å². The molecule has 1 N–H and O–H groups in total. The summed E-state index contributed by atoms with van der Waals surface area (Å²) in [6.45, 7) is 0. The second-order valence-corrected chi connectivity index (χ2v) is 7.72. The van der Waals surface area contributed by atoms with Crippen molar-refractivity contribution in [3.63, 3.8) is 0 Å². The van der Waals surface area contributed by atoms with Gasteiger partial charge in [-0.1, -0.05) is 48.2 Å². The van der Waals surface area contributed by atoms with Crippen LogP contribution in [0.1, 0.15) is 0 Å². The lowest BCUT2D eigenvalue weighted by Crippen LogP contribution is -2.14. The first-order valence-electron chi connectivity index (χ1n) is 9.64. The van der Waals surface area contributed by atoms with Gasteiger partial charge in [-0.15, -0.1) is 10.2 Å².